The summed E-state index contributed by atoms with van der Waals surface area (Å²) in [4.78, 5) is 22.4. The fourth-order valence-electron chi connectivity index (χ4n) is 4.34. The second-order valence-corrected chi connectivity index (χ2v) is 8.18. The maximum atomic E-state index is 12.7. The van der Waals surface area contributed by atoms with Gasteiger partial charge in [0.15, 0.2) is 0 Å². The number of H-pyrrole nitrogens is 1. The number of nitrogens with one attached hydrogen (secondary N) is 2. The smallest absolute Gasteiger partial charge is 0.321 e. The highest BCUT2D eigenvalue weighted by atomic mass is 16.3. The van der Waals surface area contributed by atoms with Crippen LogP contribution in [0.1, 0.15) is 57.7 Å². The van der Waals surface area contributed by atoms with Crippen molar-refractivity contribution in [1.82, 2.24) is 14.9 Å². The highest BCUT2D eigenvalue weighted by Crippen LogP contribution is 2.39. The molecule has 1 saturated heterocycles. The summed E-state index contributed by atoms with van der Waals surface area (Å²) < 4.78 is 0. The van der Waals surface area contributed by atoms with Gasteiger partial charge in [-0.15, -0.1) is 0 Å². The molecule has 0 bridgehead atoms. The van der Waals surface area contributed by atoms with Crippen LogP contribution in [-0.4, -0.2) is 44.7 Å². The van der Waals surface area contributed by atoms with Crippen molar-refractivity contribution in [3.63, 3.8) is 0 Å². The number of aromatic nitrogens is 2. The summed E-state index contributed by atoms with van der Waals surface area (Å²) in [6, 6.07) is 5.68. The number of hydrogen-bond acceptors (Lipinski definition) is 3. The Kier molecular flexibility index (Phi) is 4.39. The molecule has 26 heavy (non-hydrogen) atoms. The molecule has 0 spiro atoms. The van der Waals surface area contributed by atoms with E-state index in [1.54, 1.807) is 0 Å². The summed E-state index contributed by atoms with van der Waals surface area (Å²) in [7, 11) is 0. The maximum Gasteiger partial charge on any atom is 0.321 e. The zero-order valence-corrected chi connectivity index (χ0v) is 15.6. The second kappa shape index (κ2) is 6.58. The number of nitrogens with zero attached hydrogens (tertiary/aromatic N) is 2. The van der Waals surface area contributed by atoms with Crippen LogP contribution in [0.2, 0.25) is 0 Å². The molecule has 2 atom stereocenters. The van der Waals surface area contributed by atoms with Gasteiger partial charge in [0, 0.05) is 30.6 Å². The van der Waals surface area contributed by atoms with Crippen molar-refractivity contribution >= 4 is 22.8 Å². The van der Waals surface area contributed by atoms with E-state index in [0.717, 1.165) is 48.2 Å². The first-order valence-electron chi connectivity index (χ1n) is 9.72. The summed E-state index contributed by atoms with van der Waals surface area (Å²) in [5, 5.41) is 13.8. The van der Waals surface area contributed by atoms with Crippen molar-refractivity contribution < 1.29 is 9.90 Å². The molecule has 2 fully saturated rings. The Morgan fingerprint density at radius 3 is 3.04 bits per heavy atom. The number of piperidine rings is 1. The van der Waals surface area contributed by atoms with E-state index in [1.807, 2.05) is 23.1 Å². The number of likely N-dealkylation sites (tertiary alicyclic amines) is 1. The number of anilines is 1. The quantitative estimate of drug-likeness (QED) is 0.764. The normalized spacial score (nSPS) is 26.2. The number of carbonyl (C=O) groups excluding carboxylic acids is 1. The first kappa shape index (κ1) is 17.3. The van der Waals surface area contributed by atoms with Crippen molar-refractivity contribution in [3.8, 4) is 0 Å². The Morgan fingerprint density at radius 2 is 2.23 bits per heavy atom. The van der Waals surface area contributed by atoms with Gasteiger partial charge in [0.25, 0.3) is 0 Å². The number of aromatic amines is 1. The number of hydrogen-bond donors (Lipinski definition) is 3. The largest absolute Gasteiger partial charge is 0.389 e. The van der Waals surface area contributed by atoms with Crippen LogP contribution in [0.4, 0.5) is 10.5 Å². The van der Waals surface area contributed by atoms with Crippen LogP contribution < -0.4 is 5.32 Å². The van der Waals surface area contributed by atoms with Gasteiger partial charge in [0.2, 0.25) is 0 Å². The number of urea groups is 1. The molecule has 2 aromatic rings. The summed E-state index contributed by atoms with van der Waals surface area (Å²) in [6.07, 6.45) is 4.82. The lowest BCUT2D eigenvalue weighted by molar-refractivity contribution is -0.0863. The van der Waals surface area contributed by atoms with Crippen LogP contribution in [0.5, 0.6) is 0 Å². The van der Waals surface area contributed by atoms with Crippen LogP contribution >= 0.6 is 0 Å². The fourth-order valence-corrected chi connectivity index (χ4v) is 4.34. The molecule has 1 aromatic heterocycles. The summed E-state index contributed by atoms with van der Waals surface area (Å²) in [5.41, 5.74) is 2.06. The molecule has 1 aliphatic heterocycles. The van der Waals surface area contributed by atoms with Gasteiger partial charge in [0.05, 0.1) is 16.6 Å². The molecule has 0 unspecified atom stereocenters. The Labute approximate surface area is 154 Å². The Morgan fingerprint density at radius 1 is 1.38 bits per heavy atom. The van der Waals surface area contributed by atoms with Crippen LogP contribution in [0.3, 0.4) is 0 Å². The van der Waals surface area contributed by atoms with Crippen LogP contribution in [0.25, 0.3) is 11.0 Å². The molecule has 4 rings (SSSR count). The molecule has 2 aliphatic rings. The van der Waals surface area contributed by atoms with Crippen molar-refractivity contribution in [2.75, 3.05) is 18.4 Å². The van der Waals surface area contributed by atoms with Crippen LogP contribution in [0, 0.1) is 5.92 Å². The number of carbonyl (C=O) groups is 1. The highest BCUT2D eigenvalue weighted by Gasteiger charge is 2.43. The zero-order chi connectivity index (χ0) is 18.3. The van der Waals surface area contributed by atoms with Gasteiger partial charge in [-0.1, -0.05) is 26.7 Å². The summed E-state index contributed by atoms with van der Waals surface area (Å²) in [5.74, 6) is 1.50. The monoisotopic (exact) mass is 356 g/mol. The fraction of sp³-hybridized carbons (Fsp3) is 0.600. The average Bonchev–Trinajstić information content (AvgIpc) is 3.04. The highest BCUT2D eigenvalue weighted by molar-refractivity contribution is 5.92. The molecule has 1 aliphatic carbocycles. The van der Waals surface area contributed by atoms with Gasteiger partial charge in [-0.05, 0) is 37.5 Å². The lowest BCUT2D eigenvalue weighted by atomic mass is 9.71. The third kappa shape index (κ3) is 3.18. The van der Waals surface area contributed by atoms with E-state index in [1.165, 1.54) is 0 Å². The van der Waals surface area contributed by atoms with E-state index in [0.29, 0.717) is 25.4 Å². The van der Waals surface area contributed by atoms with Crippen molar-refractivity contribution in [1.29, 1.82) is 0 Å². The van der Waals surface area contributed by atoms with Crippen molar-refractivity contribution in [2.45, 2.75) is 57.5 Å². The van der Waals surface area contributed by atoms with Gasteiger partial charge in [-0.3, -0.25) is 0 Å². The molecule has 2 heterocycles. The van der Waals surface area contributed by atoms with Crippen molar-refractivity contribution in [2.24, 2.45) is 5.92 Å². The number of rotatable bonds is 2. The second-order valence-electron chi connectivity index (χ2n) is 8.18. The van der Waals surface area contributed by atoms with Gasteiger partial charge in [-0.2, -0.15) is 0 Å². The van der Waals surface area contributed by atoms with E-state index in [4.69, 9.17) is 0 Å². The van der Waals surface area contributed by atoms with E-state index in [9.17, 15) is 9.90 Å². The molecule has 1 saturated carbocycles. The molecular weight excluding hydrogens is 328 g/mol. The van der Waals surface area contributed by atoms with Gasteiger partial charge in [0.1, 0.15) is 5.82 Å². The van der Waals surface area contributed by atoms with E-state index < -0.39 is 5.60 Å². The molecule has 0 radical (unpaired) electrons. The van der Waals surface area contributed by atoms with Gasteiger partial charge in [-0.25, -0.2) is 9.78 Å². The number of amides is 2. The van der Waals surface area contributed by atoms with E-state index in [-0.39, 0.29) is 11.9 Å². The minimum absolute atomic E-state index is 0.0828. The minimum Gasteiger partial charge on any atom is -0.389 e. The molecule has 1 aromatic carbocycles. The number of benzene rings is 1. The molecule has 6 nitrogen and oxygen atoms in total. The Balaban J connectivity index is 1.45. The number of imidazole rings is 1. The van der Waals surface area contributed by atoms with E-state index in [2.05, 4.69) is 29.1 Å². The maximum absolute atomic E-state index is 12.7. The standard InChI is InChI=1S/C20H28N4O2/c1-13(2)18-22-16-7-6-15(11-17(16)23-18)21-19(25)24-10-9-20(26)8-4-3-5-14(20)12-24/h6-7,11,13-14,26H,3-5,8-10,12H2,1-2H3,(H,21,25)(H,22,23)/t14-,20-/m0/s1. The number of fused-ring (bicyclic) bond motifs is 2. The minimum atomic E-state index is -0.558. The van der Waals surface area contributed by atoms with Crippen LogP contribution in [-0.2, 0) is 0 Å². The van der Waals surface area contributed by atoms with Gasteiger partial charge < -0.3 is 20.3 Å². The van der Waals surface area contributed by atoms with Crippen molar-refractivity contribution in [3.05, 3.63) is 24.0 Å². The average molecular weight is 356 g/mol. The third-order valence-electron chi connectivity index (χ3n) is 6.01. The first-order chi connectivity index (χ1) is 12.4. The number of aliphatic hydroxyl groups is 1. The lowest BCUT2D eigenvalue weighted by Crippen LogP contribution is -2.55. The topological polar surface area (TPSA) is 81.2 Å². The van der Waals surface area contributed by atoms with Crippen LogP contribution in [0.15, 0.2) is 18.2 Å². The SMILES string of the molecule is CC(C)c1nc2ccc(NC(=O)N3CC[C@@]4(O)CCCC[C@H]4C3)cc2[nH]1. The molecular formula is C20H28N4O2. The lowest BCUT2D eigenvalue weighted by Gasteiger charge is -2.47. The zero-order valence-electron chi connectivity index (χ0n) is 15.6. The molecule has 2 amide bonds. The Bertz CT molecular complexity index is 815. The predicted molar refractivity (Wildman–Crippen MR) is 102 cm³/mol. The summed E-state index contributed by atoms with van der Waals surface area (Å²) in [6.45, 7) is 5.46. The van der Waals surface area contributed by atoms with Gasteiger partial charge >= 0.3 is 6.03 Å². The molecule has 140 valence electrons. The summed E-state index contributed by atoms with van der Waals surface area (Å²) >= 11 is 0. The first-order valence-corrected chi connectivity index (χ1v) is 9.72. The Hall–Kier alpha value is -2.08. The molecule has 6 heteroatoms. The molecule has 3 N–H and O–H groups in total. The predicted octanol–water partition coefficient (Wildman–Crippen LogP) is 3.85. The third-order valence-corrected chi connectivity index (χ3v) is 6.01. The van der Waals surface area contributed by atoms with E-state index >= 15 is 0 Å².